The molecule has 3 rings (SSSR count). The van der Waals surface area contributed by atoms with Gasteiger partial charge in [0.1, 0.15) is 12.0 Å². The van der Waals surface area contributed by atoms with E-state index in [1.54, 1.807) is 0 Å². The molecule has 24 heavy (non-hydrogen) atoms. The van der Waals surface area contributed by atoms with Crippen molar-refractivity contribution < 1.29 is 0 Å². The monoisotopic (exact) mass is 319 g/mol. The predicted octanol–water partition coefficient (Wildman–Crippen LogP) is 4.42. The minimum absolute atomic E-state index is 0.492. The highest BCUT2D eigenvalue weighted by atomic mass is 15.1. The van der Waals surface area contributed by atoms with Crippen LogP contribution in [0.15, 0.2) is 54.9 Å². The molecule has 0 radical (unpaired) electrons. The van der Waals surface area contributed by atoms with Gasteiger partial charge in [-0.2, -0.15) is 0 Å². The highest BCUT2D eigenvalue weighted by Gasteiger charge is 2.10. The molecule has 0 aliphatic heterocycles. The quantitative estimate of drug-likeness (QED) is 0.649. The third-order valence-corrected chi connectivity index (χ3v) is 3.93. The van der Waals surface area contributed by atoms with Gasteiger partial charge < -0.3 is 16.4 Å². The summed E-state index contributed by atoms with van der Waals surface area (Å²) in [7, 11) is 0. The average molecular weight is 319 g/mol. The summed E-state index contributed by atoms with van der Waals surface area (Å²) in [5.41, 5.74) is 11.1. The summed E-state index contributed by atoms with van der Waals surface area (Å²) in [6.07, 6.45) is 2.44. The lowest BCUT2D eigenvalue weighted by Gasteiger charge is -2.15. The third kappa shape index (κ3) is 3.30. The molecule has 4 N–H and O–H groups in total. The highest BCUT2D eigenvalue weighted by Crippen LogP contribution is 2.30. The molecule has 0 bridgehead atoms. The first-order valence-corrected chi connectivity index (χ1v) is 7.97. The zero-order valence-electron chi connectivity index (χ0n) is 13.9. The van der Waals surface area contributed by atoms with Crippen LogP contribution in [0.3, 0.4) is 0 Å². The van der Waals surface area contributed by atoms with Crippen molar-refractivity contribution in [3.05, 3.63) is 66.0 Å². The summed E-state index contributed by atoms with van der Waals surface area (Å²) >= 11 is 0. The molecule has 0 saturated heterocycles. The van der Waals surface area contributed by atoms with Gasteiger partial charge >= 0.3 is 0 Å². The predicted molar refractivity (Wildman–Crippen MR) is 100 cm³/mol. The molecule has 1 heterocycles. The van der Waals surface area contributed by atoms with Crippen molar-refractivity contribution >= 4 is 28.7 Å². The third-order valence-electron chi connectivity index (χ3n) is 3.93. The van der Waals surface area contributed by atoms with E-state index < -0.39 is 0 Å². The van der Waals surface area contributed by atoms with E-state index in [0.717, 1.165) is 23.4 Å². The van der Waals surface area contributed by atoms with Gasteiger partial charge in [0, 0.05) is 11.4 Å². The summed E-state index contributed by atoms with van der Waals surface area (Å²) < 4.78 is 0. The van der Waals surface area contributed by atoms with E-state index in [4.69, 9.17) is 5.73 Å². The number of nitrogens with zero attached hydrogens (tertiary/aromatic N) is 2. The number of anilines is 5. The van der Waals surface area contributed by atoms with Crippen molar-refractivity contribution in [1.82, 2.24) is 9.97 Å². The summed E-state index contributed by atoms with van der Waals surface area (Å²) in [4.78, 5) is 8.56. The van der Waals surface area contributed by atoms with Crippen LogP contribution in [0.2, 0.25) is 0 Å². The number of aryl methyl sites for hydroxylation is 2. The first kappa shape index (κ1) is 15.8. The van der Waals surface area contributed by atoms with Gasteiger partial charge in [-0.1, -0.05) is 43.3 Å². The van der Waals surface area contributed by atoms with Crippen LogP contribution in [0.4, 0.5) is 28.7 Å². The van der Waals surface area contributed by atoms with Gasteiger partial charge in [0.15, 0.2) is 11.6 Å². The van der Waals surface area contributed by atoms with Gasteiger partial charge in [-0.15, -0.1) is 0 Å². The summed E-state index contributed by atoms with van der Waals surface area (Å²) in [5, 5.41) is 6.60. The van der Waals surface area contributed by atoms with E-state index in [0.29, 0.717) is 17.3 Å². The van der Waals surface area contributed by atoms with Gasteiger partial charge in [0.25, 0.3) is 0 Å². The van der Waals surface area contributed by atoms with Crippen LogP contribution in [0.5, 0.6) is 0 Å². The van der Waals surface area contributed by atoms with Crippen molar-refractivity contribution in [1.29, 1.82) is 0 Å². The van der Waals surface area contributed by atoms with Crippen molar-refractivity contribution in [2.24, 2.45) is 0 Å². The normalized spacial score (nSPS) is 10.4. The number of hydrogen-bond acceptors (Lipinski definition) is 5. The lowest BCUT2D eigenvalue weighted by Crippen LogP contribution is -2.06. The van der Waals surface area contributed by atoms with Crippen LogP contribution in [0, 0.1) is 6.92 Å². The van der Waals surface area contributed by atoms with Crippen LogP contribution in [0.25, 0.3) is 0 Å². The topological polar surface area (TPSA) is 75.9 Å². The molecule has 0 atom stereocenters. The Labute approximate surface area is 142 Å². The molecule has 0 aliphatic carbocycles. The van der Waals surface area contributed by atoms with E-state index in [9.17, 15) is 0 Å². The first-order valence-electron chi connectivity index (χ1n) is 7.97. The maximum atomic E-state index is 6.27. The van der Waals surface area contributed by atoms with Crippen molar-refractivity contribution in [2.75, 3.05) is 16.4 Å². The molecule has 5 nitrogen and oxygen atoms in total. The zero-order valence-corrected chi connectivity index (χ0v) is 13.9. The smallest absolute Gasteiger partial charge is 0.159 e. The maximum Gasteiger partial charge on any atom is 0.159 e. The van der Waals surface area contributed by atoms with Gasteiger partial charge in [0.05, 0.1) is 0 Å². The number of hydrogen-bond donors (Lipinski definition) is 3. The standard InChI is InChI=1S/C19H21N5/c1-3-14-9-5-7-11-16(14)24-19-17(20)18(21-12-22-19)23-15-10-6-4-8-13(15)2/h4-12H,3,20H2,1-2H3,(H2,21,22,23,24). The maximum absolute atomic E-state index is 6.27. The molecule has 0 fully saturated rings. The van der Waals surface area contributed by atoms with Crippen molar-refractivity contribution in [3.63, 3.8) is 0 Å². The Hall–Kier alpha value is -3.08. The van der Waals surface area contributed by atoms with E-state index in [1.807, 2.05) is 49.4 Å². The van der Waals surface area contributed by atoms with Crippen molar-refractivity contribution in [3.8, 4) is 0 Å². The number of aromatic nitrogens is 2. The molecule has 0 amide bonds. The number of nitrogens with one attached hydrogen (secondary N) is 2. The van der Waals surface area contributed by atoms with E-state index in [2.05, 4.69) is 33.6 Å². The molecule has 0 saturated carbocycles. The highest BCUT2D eigenvalue weighted by molar-refractivity contribution is 5.81. The minimum Gasteiger partial charge on any atom is -0.393 e. The SMILES string of the molecule is CCc1ccccc1Nc1ncnc(Nc2ccccc2C)c1N. The number of nitrogens with two attached hydrogens (primary N) is 1. The number of para-hydroxylation sites is 2. The van der Waals surface area contributed by atoms with Gasteiger partial charge in [0.2, 0.25) is 0 Å². The lowest BCUT2D eigenvalue weighted by molar-refractivity contribution is 1.13. The first-order chi connectivity index (χ1) is 11.7. The van der Waals surface area contributed by atoms with Gasteiger partial charge in [-0.3, -0.25) is 0 Å². The molecular weight excluding hydrogens is 298 g/mol. The van der Waals surface area contributed by atoms with E-state index in [1.165, 1.54) is 11.9 Å². The van der Waals surface area contributed by atoms with E-state index >= 15 is 0 Å². The van der Waals surface area contributed by atoms with Crippen LogP contribution >= 0.6 is 0 Å². The fraction of sp³-hybridized carbons (Fsp3) is 0.158. The Morgan fingerprint density at radius 1 is 0.875 bits per heavy atom. The summed E-state index contributed by atoms with van der Waals surface area (Å²) in [6, 6.07) is 16.1. The number of nitrogen functional groups attached to an aromatic ring is 1. The fourth-order valence-corrected chi connectivity index (χ4v) is 2.51. The summed E-state index contributed by atoms with van der Waals surface area (Å²) in [5.74, 6) is 1.19. The van der Waals surface area contributed by atoms with Crippen LogP contribution < -0.4 is 16.4 Å². The average Bonchev–Trinajstić information content (AvgIpc) is 2.61. The number of benzene rings is 2. The fourth-order valence-electron chi connectivity index (χ4n) is 2.51. The molecule has 0 aliphatic rings. The molecule has 3 aromatic rings. The Morgan fingerprint density at radius 2 is 1.46 bits per heavy atom. The second-order valence-corrected chi connectivity index (χ2v) is 5.56. The minimum atomic E-state index is 0.492. The Balaban J connectivity index is 1.90. The molecule has 1 aromatic heterocycles. The lowest BCUT2D eigenvalue weighted by atomic mass is 10.1. The molecule has 0 spiro atoms. The van der Waals surface area contributed by atoms with Gasteiger partial charge in [-0.05, 0) is 36.6 Å². The second kappa shape index (κ2) is 7.00. The zero-order chi connectivity index (χ0) is 16.9. The molecule has 5 heteroatoms. The summed E-state index contributed by atoms with van der Waals surface area (Å²) in [6.45, 7) is 4.16. The van der Waals surface area contributed by atoms with E-state index in [-0.39, 0.29) is 0 Å². The van der Waals surface area contributed by atoms with Gasteiger partial charge in [-0.25, -0.2) is 9.97 Å². The Kier molecular flexibility index (Phi) is 4.61. The van der Waals surface area contributed by atoms with Crippen LogP contribution in [-0.4, -0.2) is 9.97 Å². The Bertz CT molecular complexity index is 845. The largest absolute Gasteiger partial charge is 0.393 e. The molecule has 2 aromatic carbocycles. The van der Waals surface area contributed by atoms with Crippen LogP contribution in [0.1, 0.15) is 18.1 Å². The molecule has 0 unspecified atom stereocenters. The van der Waals surface area contributed by atoms with Crippen LogP contribution in [-0.2, 0) is 6.42 Å². The van der Waals surface area contributed by atoms with Crippen molar-refractivity contribution in [2.45, 2.75) is 20.3 Å². The number of rotatable bonds is 5. The Morgan fingerprint density at radius 3 is 2.12 bits per heavy atom. The second-order valence-electron chi connectivity index (χ2n) is 5.56. The molecular formula is C19H21N5. The molecule has 122 valence electrons.